The molecule has 0 N–H and O–H groups in total. The Kier molecular flexibility index (Phi) is 2.87. The van der Waals surface area contributed by atoms with E-state index in [1.54, 1.807) is 10.9 Å². The van der Waals surface area contributed by atoms with Gasteiger partial charge >= 0.3 is 0 Å². The highest BCUT2D eigenvalue weighted by molar-refractivity contribution is 6.28. The summed E-state index contributed by atoms with van der Waals surface area (Å²) in [7, 11) is 0. The van der Waals surface area contributed by atoms with Gasteiger partial charge in [-0.25, -0.2) is 14.6 Å². The Hall–Kier alpha value is -1.49. The van der Waals surface area contributed by atoms with Gasteiger partial charge in [0.1, 0.15) is 11.4 Å². The summed E-state index contributed by atoms with van der Waals surface area (Å²) in [4.78, 5) is 8.06. The molecule has 2 aromatic heterocycles. The van der Waals surface area contributed by atoms with E-state index in [0.717, 1.165) is 17.0 Å². The zero-order chi connectivity index (χ0) is 11.7. The first-order valence-electron chi connectivity index (χ1n) is 4.99. The number of rotatable bonds is 2. The first-order chi connectivity index (χ1) is 7.58. The van der Waals surface area contributed by atoms with E-state index in [9.17, 15) is 0 Å². The molecule has 2 heterocycles. The van der Waals surface area contributed by atoms with Crippen LogP contribution in [-0.4, -0.2) is 25.0 Å². The van der Waals surface area contributed by atoms with Gasteiger partial charge in [-0.2, -0.15) is 0 Å². The topological polar surface area (TPSA) is 56.5 Å². The van der Waals surface area contributed by atoms with E-state index >= 15 is 0 Å². The van der Waals surface area contributed by atoms with Crippen LogP contribution in [-0.2, 0) is 0 Å². The second kappa shape index (κ2) is 4.17. The van der Waals surface area contributed by atoms with Crippen LogP contribution in [0.25, 0.3) is 11.4 Å². The van der Waals surface area contributed by atoms with Crippen LogP contribution in [0.4, 0.5) is 0 Å². The molecule has 5 nitrogen and oxygen atoms in total. The van der Waals surface area contributed by atoms with Crippen molar-refractivity contribution in [1.29, 1.82) is 0 Å². The van der Waals surface area contributed by atoms with Crippen LogP contribution < -0.4 is 0 Å². The van der Waals surface area contributed by atoms with Crippen molar-refractivity contribution >= 4 is 11.6 Å². The Labute approximate surface area is 98.5 Å². The van der Waals surface area contributed by atoms with Gasteiger partial charge < -0.3 is 0 Å². The molecule has 0 aliphatic carbocycles. The molecule has 0 saturated heterocycles. The standard InChI is InChI=1S/C10H12ClN5/c1-6(2)16-5-8(14-15-16)9-7(3)4-12-10(11)13-9/h4-6H,1-3H3. The summed E-state index contributed by atoms with van der Waals surface area (Å²) in [5, 5.41) is 8.32. The maximum absolute atomic E-state index is 5.76. The van der Waals surface area contributed by atoms with Crippen LogP contribution in [0.5, 0.6) is 0 Å². The minimum absolute atomic E-state index is 0.222. The predicted octanol–water partition coefficient (Wildman–Crippen LogP) is 2.28. The smallest absolute Gasteiger partial charge is 0.222 e. The van der Waals surface area contributed by atoms with Crippen LogP contribution in [0.2, 0.25) is 5.28 Å². The Morgan fingerprint density at radius 2 is 2.12 bits per heavy atom. The van der Waals surface area contributed by atoms with Gasteiger partial charge in [0.05, 0.1) is 6.20 Å². The summed E-state index contributed by atoms with van der Waals surface area (Å²) in [5.41, 5.74) is 2.38. The van der Waals surface area contributed by atoms with E-state index in [4.69, 9.17) is 11.6 Å². The normalized spacial score (nSPS) is 11.1. The van der Waals surface area contributed by atoms with E-state index in [0.29, 0.717) is 0 Å². The molecule has 0 radical (unpaired) electrons. The summed E-state index contributed by atoms with van der Waals surface area (Å²) in [5.74, 6) is 0. The van der Waals surface area contributed by atoms with Crippen molar-refractivity contribution in [2.75, 3.05) is 0 Å². The highest BCUT2D eigenvalue weighted by Gasteiger charge is 2.10. The van der Waals surface area contributed by atoms with Crippen molar-refractivity contribution in [2.24, 2.45) is 0 Å². The summed E-state index contributed by atoms with van der Waals surface area (Å²) in [6.45, 7) is 6.00. The maximum atomic E-state index is 5.76. The van der Waals surface area contributed by atoms with E-state index in [1.165, 1.54) is 0 Å². The Morgan fingerprint density at radius 3 is 2.75 bits per heavy atom. The average molecular weight is 238 g/mol. The van der Waals surface area contributed by atoms with Crippen molar-refractivity contribution in [3.05, 3.63) is 23.2 Å². The number of hydrogen-bond donors (Lipinski definition) is 0. The van der Waals surface area contributed by atoms with Gasteiger partial charge in [-0.3, -0.25) is 0 Å². The number of aromatic nitrogens is 5. The van der Waals surface area contributed by atoms with Gasteiger partial charge in [-0.15, -0.1) is 5.10 Å². The molecule has 0 bridgehead atoms. The average Bonchev–Trinajstić information content (AvgIpc) is 2.70. The second-order valence-corrected chi connectivity index (χ2v) is 4.19. The molecule has 0 aliphatic rings. The van der Waals surface area contributed by atoms with Crippen molar-refractivity contribution in [1.82, 2.24) is 25.0 Å². The summed E-state index contributed by atoms with van der Waals surface area (Å²) < 4.78 is 1.78. The highest BCUT2D eigenvalue weighted by Crippen LogP contribution is 2.19. The van der Waals surface area contributed by atoms with E-state index in [1.807, 2.05) is 27.0 Å². The van der Waals surface area contributed by atoms with Crippen molar-refractivity contribution < 1.29 is 0 Å². The van der Waals surface area contributed by atoms with Crippen LogP contribution in [0.3, 0.4) is 0 Å². The van der Waals surface area contributed by atoms with Crippen LogP contribution in [0, 0.1) is 6.92 Å². The van der Waals surface area contributed by atoms with E-state index < -0.39 is 0 Å². The van der Waals surface area contributed by atoms with Crippen molar-refractivity contribution in [3.63, 3.8) is 0 Å². The first kappa shape index (κ1) is 11.0. The number of aryl methyl sites for hydroxylation is 1. The van der Waals surface area contributed by atoms with Gasteiger partial charge in [0.2, 0.25) is 5.28 Å². The third-order valence-electron chi connectivity index (χ3n) is 2.22. The monoisotopic (exact) mass is 237 g/mol. The van der Waals surface area contributed by atoms with E-state index in [2.05, 4.69) is 20.3 Å². The molecule has 0 atom stereocenters. The van der Waals surface area contributed by atoms with Gasteiger partial charge in [0, 0.05) is 12.2 Å². The fourth-order valence-electron chi connectivity index (χ4n) is 1.32. The van der Waals surface area contributed by atoms with Crippen LogP contribution in [0.1, 0.15) is 25.5 Å². The highest BCUT2D eigenvalue weighted by atomic mass is 35.5. The molecule has 0 fully saturated rings. The lowest BCUT2D eigenvalue weighted by Crippen LogP contribution is -2.00. The molecule has 0 aliphatic heterocycles. The molecular formula is C10H12ClN5. The second-order valence-electron chi connectivity index (χ2n) is 3.85. The first-order valence-corrected chi connectivity index (χ1v) is 5.37. The molecule has 0 saturated carbocycles. The lowest BCUT2D eigenvalue weighted by atomic mass is 10.2. The Balaban J connectivity index is 2.46. The largest absolute Gasteiger partial charge is 0.249 e. The Morgan fingerprint density at radius 1 is 1.38 bits per heavy atom. The van der Waals surface area contributed by atoms with E-state index in [-0.39, 0.29) is 11.3 Å². The molecule has 0 unspecified atom stereocenters. The number of halogens is 1. The van der Waals surface area contributed by atoms with Crippen LogP contribution >= 0.6 is 11.6 Å². The zero-order valence-corrected chi connectivity index (χ0v) is 10.1. The fraction of sp³-hybridized carbons (Fsp3) is 0.400. The van der Waals surface area contributed by atoms with Crippen molar-refractivity contribution in [3.8, 4) is 11.4 Å². The molecule has 2 aromatic rings. The SMILES string of the molecule is Cc1cnc(Cl)nc1-c1cn(C(C)C)nn1. The Bertz CT molecular complexity index is 506. The third-order valence-corrected chi connectivity index (χ3v) is 2.41. The number of hydrogen-bond acceptors (Lipinski definition) is 4. The third kappa shape index (κ3) is 2.04. The lowest BCUT2D eigenvalue weighted by molar-refractivity contribution is 0.514. The van der Waals surface area contributed by atoms with Crippen molar-refractivity contribution in [2.45, 2.75) is 26.8 Å². The molecule has 2 rings (SSSR count). The molecule has 0 spiro atoms. The zero-order valence-electron chi connectivity index (χ0n) is 9.35. The van der Waals surface area contributed by atoms with Gasteiger partial charge in [0.15, 0.2) is 0 Å². The van der Waals surface area contributed by atoms with Crippen LogP contribution in [0.15, 0.2) is 12.4 Å². The minimum Gasteiger partial charge on any atom is -0.249 e. The quantitative estimate of drug-likeness (QED) is 0.752. The molecule has 0 amide bonds. The maximum Gasteiger partial charge on any atom is 0.222 e. The predicted molar refractivity (Wildman–Crippen MR) is 61.2 cm³/mol. The summed E-state index contributed by atoms with van der Waals surface area (Å²) in [6.07, 6.45) is 3.54. The fourth-order valence-corrected chi connectivity index (χ4v) is 1.45. The number of nitrogens with zero attached hydrogens (tertiary/aromatic N) is 5. The van der Waals surface area contributed by atoms with Gasteiger partial charge in [-0.05, 0) is 37.9 Å². The molecule has 84 valence electrons. The lowest BCUT2D eigenvalue weighted by Gasteiger charge is -2.02. The molecule has 6 heteroatoms. The molecule has 0 aromatic carbocycles. The minimum atomic E-state index is 0.222. The van der Waals surface area contributed by atoms with Gasteiger partial charge in [0.25, 0.3) is 0 Å². The van der Waals surface area contributed by atoms with Gasteiger partial charge in [-0.1, -0.05) is 5.21 Å². The summed E-state index contributed by atoms with van der Waals surface area (Å²) in [6, 6.07) is 0.277. The molecule has 16 heavy (non-hydrogen) atoms. The summed E-state index contributed by atoms with van der Waals surface area (Å²) >= 11 is 5.76. The molecular weight excluding hydrogens is 226 g/mol.